The van der Waals surface area contributed by atoms with Crippen LogP contribution in [0, 0.1) is 0 Å². The third-order valence-corrected chi connectivity index (χ3v) is 1.21. The molecule has 0 aromatic carbocycles. The summed E-state index contributed by atoms with van der Waals surface area (Å²) < 4.78 is 4.64. The SMILES string of the molecule is CC(=O)OCCCCC(=O)ON. The molecule has 0 atom stereocenters. The lowest BCUT2D eigenvalue weighted by atomic mass is 10.2. The molecule has 0 rings (SSSR count). The van der Waals surface area contributed by atoms with Crippen molar-refractivity contribution in [2.24, 2.45) is 5.90 Å². The molecule has 0 aromatic heterocycles. The number of carbonyl (C=O) groups is 2. The van der Waals surface area contributed by atoms with Crippen LogP contribution in [0.2, 0.25) is 0 Å². The second kappa shape index (κ2) is 6.60. The fourth-order valence-corrected chi connectivity index (χ4v) is 0.646. The van der Waals surface area contributed by atoms with Crippen LogP contribution in [-0.4, -0.2) is 18.5 Å². The van der Waals surface area contributed by atoms with E-state index >= 15 is 0 Å². The molecule has 0 spiro atoms. The Morgan fingerprint density at radius 2 is 2.00 bits per heavy atom. The van der Waals surface area contributed by atoms with Crippen LogP contribution >= 0.6 is 0 Å². The van der Waals surface area contributed by atoms with Crippen LogP contribution < -0.4 is 5.90 Å². The van der Waals surface area contributed by atoms with Gasteiger partial charge in [-0.15, -0.1) is 0 Å². The van der Waals surface area contributed by atoms with Gasteiger partial charge in [-0.25, -0.2) is 0 Å². The van der Waals surface area contributed by atoms with Gasteiger partial charge in [-0.05, 0) is 12.8 Å². The maximum Gasteiger partial charge on any atom is 0.324 e. The van der Waals surface area contributed by atoms with E-state index in [4.69, 9.17) is 0 Å². The zero-order valence-electron chi connectivity index (χ0n) is 7.04. The van der Waals surface area contributed by atoms with Crippen LogP contribution in [-0.2, 0) is 19.2 Å². The highest BCUT2D eigenvalue weighted by atomic mass is 16.7. The molecule has 0 aliphatic heterocycles. The Hall–Kier alpha value is -1.10. The van der Waals surface area contributed by atoms with Crippen LogP contribution in [0.4, 0.5) is 0 Å². The van der Waals surface area contributed by atoms with Crippen LogP contribution in [0.1, 0.15) is 26.2 Å². The minimum absolute atomic E-state index is 0.262. The first kappa shape index (κ1) is 10.9. The third-order valence-electron chi connectivity index (χ3n) is 1.21. The highest BCUT2D eigenvalue weighted by Gasteiger charge is 2.00. The predicted molar refractivity (Wildman–Crippen MR) is 40.8 cm³/mol. The number of hydrogen-bond acceptors (Lipinski definition) is 5. The van der Waals surface area contributed by atoms with Crippen LogP contribution in [0.25, 0.3) is 0 Å². The van der Waals surface area contributed by atoms with Gasteiger partial charge >= 0.3 is 11.9 Å². The second-order valence-electron chi connectivity index (χ2n) is 2.29. The molecule has 0 saturated carbocycles. The molecular formula is C7H13NO4. The number of nitrogens with two attached hydrogens (primary N) is 1. The summed E-state index contributed by atoms with van der Waals surface area (Å²) >= 11 is 0. The molecule has 0 aliphatic carbocycles. The number of carbonyl (C=O) groups excluding carboxylic acids is 2. The number of unbranched alkanes of at least 4 members (excludes halogenated alkanes) is 1. The molecule has 0 aliphatic rings. The van der Waals surface area contributed by atoms with E-state index in [2.05, 4.69) is 15.5 Å². The minimum Gasteiger partial charge on any atom is -0.466 e. The van der Waals surface area contributed by atoms with Gasteiger partial charge in [0.05, 0.1) is 6.61 Å². The van der Waals surface area contributed by atoms with Crippen molar-refractivity contribution in [2.75, 3.05) is 6.61 Å². The topological polar surface area (TPSA) is 78.6 Å². The Bertz CT molecular complexity index is 157. The molecule has 0 heterocycles. The van der Waals surface area contributed by atoms with E-state index in [1.807, 2.05) is 0 Å². The van der Waals surface area contributed by atoms with Crippen LogP contribution in [0.3, 0.4) is 0 Å². The summed E-state index contributed by atoms with van der Waals surface area (Å²) in [4.78, 5) is 24.6. The van der Waals surface area contributed by atoms with Gasteiger partial charge in [-0.2, -0.15) is 5.90 Å². The van der Waals surface area contributed by atoms with Gasteiger partial charge in [-0.3, -0.25) is 9.59 Å². The van der Waals surface area contributed by atoms with Gasteiger partial charge in [-0.1, -0.05) is 0 Å². The van der Waals surface area contributed by atoms with Crippen molar-refractivity contribution in [1.29, 1.82) is 0 Å². The van der Waals surface area contributed by atoms with Crippen LogP contribution in [0.15, 0.2) is 0 Å². The van der Waals surface area contributed by atoms with E-state index < -0.39 is 5.97 Å². The van der Waals surface area contributed by atoms with E-state index in [0.717, 1.165) is 0 Å². The average molecular weight is 175 g/mol. The normalized spacial score (nSPS) is 9.17. The van der Waals surface area contributed by atoms with Crippen molar-refractivity contribution < 1.29 is 19.2 Å². The van der Waals surface area contributed by atoms with Gasteiger partial charge in [0.1, 0.15) is 0 Å². The highest BCUT2D eigenvalue weighted by molar-refractivity contribution is 5.68. The first-order chi connectivity index (χ1) is 5.66. The quantitative estimate of drug-likeness (QED) is 0.365. The molecule has 70 valence electrons. The summed E-state index contributed by atoms with van der Waals surface area (Å²) in [7, 11) is 0. The second-order valence-corrected chi connectivity index (χ2v) is 2.29. The molecule has 0 aromatic rings. The predicted octanol–water partition coefficient (Wildman–Crippen LogP) is 0.137. The van der Waals surface area contributed by atoms with Crippen molar-refractivity contribution in [3.63, 3.8) is 0 Å². The lowest BCUT2D eigenvalue weighted by Gasteiger charge is -2.00. The first-order valence-electron chi connectivity index (χ1n) is 3.69. The van der Waals surface area contributed by atoms with Gasteiger partial charge in [0.2, 0.25) is 0 Å². The maximum atomic E-state index is 10.5. The van der Waals surface area contributed by atoms with Crippen molar-refractivity contribution in [1.82, 2.24) is 0 Å². The molecule has 0 fully saturated rings. The van der Waals surface area contributed by atoms with Crippen molar-refractivity contribution >= 4 is 11.9 Å². The molecule has 0 amide bonds. The number of rotatable bonds is 5. The molecular weight excluding hydrogens is 162 g/mol. The molecule has 0 saturated heterocycles. The summed E-state index contributed by atoms with van der Waals surface area (Å²) in [6, 6.07) is 0. The van der Waals surface area contributed by atoms with E-state index in [1.54, 1.807) is 0 Å². The number of esters is 1. The van der Waals surface area contributed by atoms with E-state index in [-0.39, 0.29) is 12.4 Å². The summed E-state index contributed by atoms with van der Waals surface area (Å²) in [6.45, 7) is 1.68. The molecule has 2 N–H and O–H groups in total. The minimum atomic E-state index is -0.446. The monoisotopic (exact) mass is 175 g/mol. The van der Waals surface area contributed by atoms with E-state index in [9.17, 15) is 9.59 Å². The molecule has 5 heteroatoms. The fourth-order valence-electron chi connectivity index (χ4n) is 0.646. The Morgan fingerprint density at radius 3 is 2.50 bits per heavy atom. The molecule has 0 bridgehead atoms. The van der Waals surface area contributed by atoms with Crippen molar-refractivity contribution in [3.8, 4) is 0 Å². The smallest absolute Gasteiger partial charge is 0.324 e. The molecule has 0 unspecified atom stereocenters. The lowest BCUT2D eigenvalue weighted by Crippen LogP contribution is -2.09. The Balaban J connectivity index is 3.11. The molecule has 5 nitrogen and oxygen atoms in total. The third kappa shape index (κ3) is 7.01. The lowest BCUT2D eigenvalue weighted by molar-refractivity contribution is -0.144. The summed E-state index contributed by atoms with van der Waals surface area (Å²) in [6.07, 6.45) is 1.52. The zero-order valence-corrected chi connectivity index (χ0v) is 7.04. The van der Waals surface area contributed by atoms with Gasteiger partial charge in [0.25, 0.3) is 0 Å². The number of ether oxygens (including phenoxy) is 1. The van der Waals surface area contributed by atoms with E-state index in [1.165, 1.54) is 6.92 Å². The molecule has 12 heavy (non-hydrogen) atoms. The summed E-state index contributed by atoms with van der Waals surface area (Å²) in [5.74, 6) is 3.84. The maximum absolute atomic E-state index is 10.5. The van der Waals surface area contributed by atoms with Gasteiger partial charge in [0, 0.05) is 13.3 Å². The summed E-state index contributed by atoms with van der Waals surface area (Å²) in [5, 5.41) is 0. The van der Waals surface area contributed by atoms with Crippen molar-refractivity contribution in [2.45, 2.75) is 26.2 Å². The average Bonchev–Trinajstić information content (AvgIpc) is 2.03. The number of hydrogen-bond donors (Lipinski definition) is 1. The zero-order chi connectivity index (χ0) is 9.40. The highest BCUT2D eigenvalue weighted by Crippen LogP contribution is 1.96. The van der Waals surface area contributed by atoms with Gasteiger partial charge in [0.15, 0.2) is 0 Å². The first-order valence-corrected chi connectivity index (χ1v) is 3.69. The van der Waals surface area contributed by atoms with Crippen LogP contribution in [0.5, 0.6) is 0 Å². The Labute approximate surface area is 70.8 Å². The van der Waals surface area contributed by atoms with Gasteiger partial charge < -0.3 is 9.57 Å². The van der Waals surface area contributed by atoms with E-state index in [0.29, 0.717) is 19.4 Å². The molecule has 0 radical (unpaired) electrons. The standard InChI is InChI=1S/C7H13NO4/c1-6(9)11-5-3-2-4-7(10)12-8/h2-5,8H2,1H3. The summed E-state index contributed by atoms with van der Waals surface area (Å²) in [5.41, 5.74) is 0. The largest absolute Gasteiger partial charge is 0.466 e. The Morgan fingerprint density at radius 1 is 1.33 bits per heavy atom. The Kier molecular flexibility index (Phi) is 6.00. The van der Waals surface area contributed by atoms with Crippen molar-refractivity contribution in [3.05, 3.63) is 0 Å². The fraction of sp³-hybridized carbons (Fsp3) is 0.714.